The fourth-order valence-electron chi connectivity index (χ4n) is 1.87. The van der Waals surface area contributed by atoms with Crippen molar-refractivity contribution in [1.29, 1.82) is 0 Å². The fraction of sp³-hybridized carbons (Fsp3) is 0.286. The van der Waals surface area contributed by atoms with E-state index in [0.29, 0.717) is 11.6 Å². The smallest absolute Gasteiger partial charge is 0.319 e. The van der Waals surface area contributed by atoms with Crippen LogP contribution in [0.15, 0.2) is 36.8 Å². The van der Waals surface area contributed by atoms with Gasteiger partial charge >= 0.3 is 6.03 Å². The Morgan fingerprint density at radius 2 is 2.25 bits per heavy atom. The second kappa shape index (κ2) is 6.10. The Bertz CT molecular complexity index is 594. The van der Waals surface area contributed by atoms with E-state index in [1.807, 2.05) is 37.0 Å². The van der Waals surface area contributed by atoms with Crippen molar-refractivity contribution in [2.24, 2.45) is 7.05 Å². The monoisotopic (exact) mass is 274 g/mol. The number of urea groups is 1. The van der Waals surface area contributed by atoms with E-state index in [-0.39, 0.29) is 12.1 Å². The molecule has 6 heteroatoms. The maximum Gasteiger partial charge on any atom is 0.319 e. The summed E-state index contributed by atoms with van der Waals surface area (Å²) in [6.07, 6.45) is 5.51. The third kappa shape index (κ3) is 3.28. The van der Waals surface area contributed by atoms with E-state index in [1.165, 1.54) is 7.11 Å². The average Bonchev–Trinajstić information content (AvgIpc) is 2.86. The second-order valence-electron chi connectivity index (χ2n) is 4.49. The SMILES string of the molecule is COc1ncccc1NC(=O)NC(C)c1ccn(C)c1. The normalized spacial score (nSPS) is 11.8. The summed E-state index contributed by atoms with van der Waals surface area (Å²) < 4.78 is 7.02. The standard InChI is InChI=1S/C14H18N4O2/c1-10(11-6-8-18(2)9-11)16-14(19)17-12-5-4-7-15-13(12)20-3/h4-10H,1-3H3,(H2,16,17,19). The highest BCUT2D eigenvalue weighted by Gasteiger charge is 2.12. The number of aryl methyl sites for hydroxylation is 1. The molecule has 0 saturated heterocycles. The zero-order valence-electron chi connectivity index (χ0n) is 11.8. The van der Waals surface area contributed by atoms with Crippen LogP contribution in [0.5, 0.6) is 5.88 Å². The number of hydrogen-bond acceptors (Lipinski definition) is 3. The number of aromatic nitrogens is 2. The van der Waals surface area contributed by atoms with Crippen LogP contribution in [0, 0.1) is 0 Å². The van der Waals surface area contributed by atoms with Crippen LogP contribution in [0.2, 0.25) is 0 Å². The molecule has 0 spiro atoms. The minimum Gasteiger partial charge on any atom is -0.480 e. The molecule has 0 bridgehead atoms. The van der Waals surface area contributed by atoms with E-state index in [1.54, 1.807) is 18.3 Å². The van der Waals surface area contributed by atoms with Gasteiger partial charge in [0.05, 0.1) is 13.2 Å². The lowest BCUT2D eigenvalue weighted by atomic mass is 10.2. The molecule has 0 aromatic carbocycles. The van der Waals surface area contributed by atoms with E-state index in [0.717, 1.165) is 5.56 Å². The third-order valence-corrected chi connectivity index (χ3v) is 2.92. The molecule has 0 aliphatic heterocycles. The van der Waals surface area contributed by atoms with Gasteiger partial charge in [-0.3, -0.25) is 0 Å². The van der Waals surface area contributed by atoms with Crippen LogP contribution in [0.25, 0.3) is 0 Å². The number of ether oxygens (including phenoxy) is 1. The van der Waals surface area contributed by atoms with E-state index < -0.39 is 0 Å². The quantitative estimate of drug-likeness (QED) is 0.899. The Morgan fingerprint density at radius 1 is 1.45 bits per heavy atom. The number of amides is 2. The van der Waals surface area contributed by atoms with Gasteiger partial charge in [0.1, 0.15) is 5.69 Å². The summed E-state index contributed by atoms with van der Waals surface area (Å²) in [5.41, 5.74) is 1.58. The first-order chi connectivity index (χ1) is 9.60. The predicted molar refractivity (Wildman–Crippen MR) is 76.8 cm³/mol. The third-order valence-electron chi connectivity index (χ3n) is 2.92. The number of nitrogens with zero attached hydrogens (tertiary/aromatic N) is 2. The molecule has 2 heterocycles. The summed E-state index contributed by atoms with van der Waals surface area (Å²) in [7, 11) is 3.45. The maximum atomic E-state index is 12.0. The number of anilines is 1. The molecule has 20 heavy (non-hydrogen) atoms. The number of pyridine rings is 1. The minimum atomic E-state index is -0.298. The van der Waals surface area contributed by atoms with Crippen molar-refractivity contribution in [2.75, 3.05) is 12.4 Å². The number of hydrogen-bond donors (Lipinski definition) is 2. The van der Waals surface area contributed by atoms with Gasteiger partial charge in [0.15, 0.2) is 0 Å². The Labute approximate surface area is 117 Å². The molecule has 0 radical (unpaired) electrons. The summed E-state index contributed by atoms with van der Waals surface area (Å²) in [6.45, 7) is 1.93. The van der Waals surface area contributed by atoms with Crippen LogP contribution in [0.3, 0.4) is 0 Å². The van der Waals surface area contributed by atoms with Gasteiger partial charge in [0, 0.05) is 25.6 Å². The van der Waals surface area contributed by atoms with Crippen molar-refractivity contribution in [3.8, 4) is 5.88 Å². The van der Waals surface area contributed by atoms with Gasteiger partial charge in [0.25, 0.3) is 0 Å². The summed E-state index contributed by atoms with van der Waals surface area (Å²) in [5, 5.41) is 5.59. The van der Waals surface area contributed by atoms with Crippen molar-refractivity contribution in [2.45, 2.75) is 13.0 Å². The molecule has 2 aromatic heterocycles. The van der Waals surface area contributed by atoms with Crippen LogP contribution in [-0.2, 0) is 7.05 Å². The van der Waals surface area contributed by atoms with Crippen molar-refractivity contribution in [1.82, 2.24) is 14.9 Å². The molecule has 2 amide bonds. The zero-order valence-corrected chi connectivity index (χ0v) is 11.8. The van der Waals surface area contributed by atoms with Gasteiger partial charge < -0.3 is 19.9 Å². The van der Waals surface area contributed by atoms with Gasteiger partial charge in [-0.25, -0.2) is 9.78 Å². The van der Waals surface area contributed by atoms with Crippen molar-refractivity contribution < 1.29 is 9.53 Å². The predicted octanol–water partition coefficient (Wildman–Crippen LogP) is 2.31. The highest BCUT2D eigenvalue weighted by atomic mass is 16.5. The van der Waals surface area contributed by atoms with Crippen LogP contribution in [0.4, 0.5) is 10.5 Å². The van der Waals surface area contributed by atoms with E-state index in [2.05, 4.69) is 15.6 Å². The largest absolute Gasteiger partial charge is 0.480 e. The first-order valence-corrected chi connectivity index (χ1v) is 6.28. The molecule has 2 rings (SSSR count). The summed E-state index contributed by atoms with van der Waals surface area (Å²) >= 11 is 0. The summed E-state index contributed by atoms with van der Waals surface area (Å²) in [5.74, 6) is 0.384. The molecular weight excluding hydrogens is 256 g/mol. The molecule has 0 fully saturated rings. The van der Waals surface area contributed by atoms with Gasteiger partial charge in [-0.05, 0) is 30.7 Å². The topological polar surface area (TPSA) is 68.2 Å². The van der Waals surface area contributed by atoms with Crippen molar-refractivity contribution in [3.63, 3.8) is 0 Å². The zero-order chi connectivity index (χ0) is 14.5. The minimum absolute atomic E-state index is 0.0844. The molecule has 0 aliphatic rings. The van der Waals surface area contributed by atoms with Crippen molar-refractivity contribution >= 4 is 11.7 Å². The molecule has 2 aromatic rings. The molecular formula is C14H18N4O2. The Morgan fingerprint density at radius 3 is 2.90 bits per heavy atom. The van der Waals surface area contributed by atoms with E-state index in [9.17, 15) is 4.79 Å². The lowest BCUT2D eigenvalue weighted by Crippen LogP contribution is -2.31. The molecule has 2 N–H and O–H groups in total. The maximum absolute atomic E-state index is 12.0. The lowest BCUT2D eigenvalue weighted by molar-refractivity contribution is 0.249. The highest BCUT2D eigenvalue weighted by Crippen LogP contribution is 2.20. The molecule has 6 nitrogen and oxygen atoms in total. The fourth-order valence-corrected chi connectivity index (χ4v) is 1.87. The van der Waals surface area contributed by atoms with Gasteiger partial charge in [-0.2, -0.15) is 0 Å². The van der Waals surface area contributed by atoms with Gasteiger partial charge in [-0.1, -0.05) is 0 Å². The van der Waals surface area contributed by atoms with Crippen LogP contribution in [0.1, 0.15) is 18.5 Å². The average molecular weight is 274 g/mol. The summed E-state index contributed by atoms with van der Waals surface area (Å²) in [4.78, 5) is 16.0. The molecule has 106 valence electrons. The summed E-state index contributed by atoms with van der Waals surface area (Å²) in [6, 6.07) is 5.05. The first-order valence-electron chi connectivity index (χ1n) is 6.28. The second-order valence-corrected chi connectivity index (χ2v) is 4.49. The Kier molecular flexibility index (Phi) is 4.24. The molecule has 1 atom stereocenters. The number of carbonyl (C=O) groups excluding carboxylic acids is 1. The molecule has 0 saturated carbocycles. The number of methoxy groups -OCH3 is 1. The number of nitrogens with one attached hydrogen (secondary N) is 2. The Hall–Kier alpha value is -2.50. The van der Waals surface area contributed by atoms with Crippen LogP contribution >= 0.6 is 0 Å². The van der Waals surface area contributed by atoms with E-state index in [4.69, 9.17) is 4.74 Å². The number of carbonyl (C=O) groups is 1. The first kappa shape index (κ1) is 13.9. The lowest BCUT2D eigenvalue weighted by Gasteiger charge is -2.14. The van der Waals surface area contributed by atoms with Crippen molar-refractivity contribution in [3.05, 3.63) is 42.4 Å². The van der Waals surface area contributed by atoms with Gasteiger partial charge in [-0.15, -0.1) is 0 Å². The molecule has 1 unspecified atom stereocenters. The van der Waals surface area contributed by atoms with Gasteiger partial charge in [0.2, 0.25) is 5.88 Å². The van der Waals surface area contributed by atoms with Crippen LogP contribution in [-0.4, -0.2) is 22.7 Å². The van der Waals surface area contributed by atoms with E-state index >= 15 is 0 Å². The Balaban J connectivity index is 1.98. The number of rotatable bonds is 4. The molecule has 0 aliphatic carbocycles. The highest BCUT2D eigenvalue weighted by molar-refractivity contribution is 5.90. The van der Waals surface area contributed by atoms with Crippen LogP contribution < -0.4 is 15.4 Å².